The van der Waals surface area contributed by atoms with Gasteiger partial charge in [0.25, 0.3) is 0 Å². The van der Waals surface area contributed by atoms with Crippen molar-refractivity contribution in [2.24, 2.45) is 0 Å². The fraction of sp³-hybridized carbons (Fsp3) is 0.231. The summed E-state index contributed by atoms with van der Waals surface area (Å²) in [5.41, 5.74) is 6.56. The summed E-state index contributed by atoms with van der Waals surface area (Å²) in [5.74, 6) is 0.806. The van der Waals surface area contributed by atoms with Crippen LogP contribution in [0.5, 0.6) is 0 Å². The van der Waals surface area contributed by atoms with E-state index in [0.29, 0.717) is 18.8 Å². The lowest BCUT2D eigenvalue weighted by molar-refractivity contribution is -0.117. The second kappa shape index (κ2) is 5.09. The largest absolute Gasteiger partial charge is 0.368 e. The third-order valence-electron chi connectivity index (χ3n) is 3.02. The zero-order chi connectivity index (χ0) is 14.1. The van der Waals surface area contributed by atoms with Crippen molar-refractivity contribution in [3.8, 4) is 11.4 Å². The van der Waals surface area contributed by atoms with Gasteiger partial charge in [0.15, 0.2) is 5.82 Å². The molecule has 7 heteroatoms. The molecule has 20 heavy (non-hydrogen) atoms. The van der Waals surface area contributed by atoms with Gasteiger partial charge in [-0.15, -0.1) is 0 Å². The minimum Gasteiger partial charge on any atom is -0.368 e. The van der Waals surface area contributed by atoms with Crippen molar-refractivity contribution in [2.45, 2.75) is 11.7 Å². The van der Waals surface area contributed by atoms with E-state index in [-0.39, 0.29) is 23.1 Å². The number of hydrogen-bond acceptors (Lipinski definition) is 6. The van der Waals surface area contributed by atoms with Gasteiger partial charge in [-0.2, -0.15) is 27.6 Å². The molecule has 1 aliphatic heterocycles. The lowest BCUT2D eigenvalue weighted by Gasteiger charge is -2.14. The smallest absolute Gasteiger partial charge is 0.237 e. The molecule has 1 amide bonds. The number of rotatable bonds is 2. The maximum atomic E-state index is 11.9. The molecule has 2 aromatic rings. The van der Waals surface area contributed by atoms with Crippen LogP contribution in [0.25, 0.3) is 11.4 Å². The van der Waals surface area contributed by atoms with Gasteiger partial charge in [-0.25, -0.2) is 0 Å². The van der Waals surface area contributed by atoms with E-state index in [2.05, 4.69) is 27.6 Å². The van der Waals surface area contributed by atoms with Crippen molar-refractivity contribution in [3.63, 3.8) is 0 Å². The Balaban J connectivity index is 2.01. The Morgan fingerprint density at radius 2 is 1.95 bits per heavy atom. The summed E-state index contributed by atoms with van der Waals surface area (Å²) in [6, 6.07) is 9.45. The first kappa shape index (κ1) is 12.9. The zero-order valence-electron chi connectivity index (χ0n) is 10.6. The van der Waals surface area contributed by atoms with Crippen molar-refractivity contribution in [1.82, 2.24) is 15.0 Å². The fourth-order valence-electron chi connectivity index (χ4n) is 2.10. The number of amides is 1. The summed E-state index contributed by atoms with van der Waals surface area (Å²) in [6.45, 7) is 0.486. The highest BCUT2D eigenvalue weighted by Gasteiger charge is 2.30. The van der Waals surface area contributed by atoms with Gasteiger partial charge in [0.05, 0.1) is 0 Å². The Bertz CT molecular complexity index is 648. The molecule has 6 nitrogen and oxygen atoms in total. The summed E-state index contributed by atoms with van der Waals surface area (Å²) in [6.07, 6.45) is 0.384. The molecule has 1 aliphatic rings. The highest BCUT2D eigenvalue weighted by molar-refractivity contribution is 7.81. The summed E-state index contributed by atoms with van der Waals surface area (Å²) < 4.78 is 0. The number of anilines is 2. The van der Waals surface area contributed by atoms with Gasteiger partial charge < -0.3 is 5.73 Å². The van der Waals surface area contributed by atoms with E-state index in [4.69, 9.17) is 5.73 Å². The molecule has 102 valence electrons. The number of aromatic nitrogens is 3. The fourth-order valence-corrected chi connectivity index (χ4v) is 2.42. The van der Waals surface area contributed by atoms with Crippen LogP contribution in [-0.2, 0) is 4.79 Å². The molecule has 1 fully saturated rings. The summed E-state index contributed by atoms with van der Waals surface area (Å²) in [7, 11) is 0. The van der Waals surface area contributed by atoms with Crippen LogP contribution in [0.15, 0.2) is 30.3 Å². The van der Waals surface area contributed by atoms with Crippen molar-refractivity contribution < 1.29 is 4.79 Å². The summed E-state index contributed by atoms with van der Waals surface area (Å²) in [5, 5.41) is 0.000616. The van der Waals surface area contributed by atoms with Gasteiger partial charge in [0.1, 0.15) is 0 Å². The van der Waals surface area contributed by atoms with Gasteiger partial charge >= 0.3 is 0 Å². The lowest BCUT2D eigenvalue weighted by atomic mass is 10.2. The van der Waals surface area contributed by atoms with Gasteiger partial charge in [-0.1, -0.05) is 30.3 Å². The van der Waals surface area contributed by atoms with E-state index in [1.54, 1.807) is 0 Å². The average molecular weight is 287 g/mol. The van der Waals surface area contributed by atoms with E-state index >= 15 is 0 Å². The Morgan fingerprint density at radius 1 is 1.20 bits per heavy atom. The average Bonchev–Trinajstić information content (AvgIpc) is 2.78. The van der Waals surface area contributed by atoms with Crippen molar-refractivity contribution in [3.05, 3.63) is 30.3 Å². The third-order valence-corrected chi connectivity index (χ3v) is 3.36. The van der Waals surface area contributed by atoms with Crippen LogP contribution in [0.1, 0.15) is 6.42 Å². The first-order chi connectivity index (χ1) is 9.63. The van der Waals surface area contributed by atoms with Crippen LogP contribution in [-0.4, -0.2) is 32.7 Å². The number of nitrogen functional groups attached to an aromatic ring is 1. The predicted octanol–water partition coefficient (Wildman–Crippen LogP) is 1.16. The number of carbonyl (C=O) groups is 1. The van der Waals surface area contributed by atoms with Gasteiger partial charge in [0.2, 0.25) is 17.8 Å². The molecule has 0 aliphatic carbocycles. The Morgan fingerprint density at radius 3 is 2.60 bits per heavy atom. The molecule has 0 radical (unpaired) electrons. The van der Waals surface area contributed by atoms with Gasteiger partial charge in [0, 0.05) is 23.8 Å². The molecule has 1 saturated heterocycles. The number of nitrogens with zero attached hydrogens (tertiary/aromatic N) is 4. The van der Waals surface area contributed by atoms with Crippen LogP contribution in [0.2, 0.25) is 0 Å². The first-order valence-corrected chi connectivity index (χ1v) is 6.70. The second-order valence-corrected chi connectivity index (χ2v) is 5.28. The van der Waals surface area contributed by atoms with Crippen LogP contribution >= 0.6 is 12.6 Å². The van der Waals surface area contributed by atoms with E-state index in [1.165, 1.54) is 4.90 Å². The maximum Gasteiger partial charge on any atom is 0.237 e. The molecule has 0 spiro atoms. The minimum absolute atomic E-state index is 0.000616. The van der Waals surface area contributed by atoms with Crippen LogP contribution in [0.4, 0.5) is 11.9 Å². The predicted molar refractivity (Wildman–Crippen MR) is 79.4 cm³/mol. The molecular weight excluding hydrogens is 274 g/mol. The third kappa shape index (κ3) is 2.44. The van der Waals surface area contributed by atoms with E-state index in [9.17, 15) is 4.79 Å². The standard InChI is InChI=1S/C13H13N5OS/c14-12-15-11(8-4-2-1-3-5-8)16-13(17-12)18-7-9(20)6-10(18)19/h1-5,9,20H,6-7H2,(H2,14,15,16,17). The number of nitrogens with two attached hydrogens (primary N) is 1. The molecular formula is C13H13N5OS. The van der Waals surface area contributed by atoms with E-state index in [1.807, 2.05) is 30.3 Å². The molecule has 3 rings (SSSR count). The van der Waals surface area contributed by atoms with E-state index < -0.39 is 0 Å². The molecule has 1 atom stereocenters. The van der Waals surface area contributed by atoms with Crippen LogP contribution in [0.3, 0.4) is 0 Å². The highest BCUT2D eigenvalue weighted by atomic mass is 32.1. The number of carbonyl (C=O) groups excluding carboxylic acids is 1. The molecule has 0 saturated carbocycles. The Hall–Kier alpha value is -2.15. The molecule has 1 unspecified atom stereocenters. The monoisotopic (exact) mass is 287 g/mol. The molecule has 2 N–H and O–H groups in total. The second-order valence-electron chi connectivity index (χ2n) is 4.55. The minimum atomic E-state index is -0.0467. The highest BCUT2D eigenvalue weighted by Crippen LogP contribution is 2.23. The first-order valence-electron chi connectivity index (χ1n) is 6.19. The maximum absolute atomic E-state index is 11.9. The molecule has 2 heterocycles. The van der Waals surface area contributed by atoms with Crippen molar-refractivity contribution in [2.75, 3.05) is 17.2 Å². The quantitative estimate of drug-likeness (QED) is 0.810. The normalized spacial score (nSPS) is 18.6. The summed E-state index contributed by atoms with van der Waals surface area (Å²) >= 11 is 4.32. The van der Waals surface area contributed by atoms with Gasteiger partial charge in [-0.05, 0) is 0 Å². The molecule has 1 aromatic heterocycles. The van der Waals surface area contributed by atoms with E-state index in [0.717, 1.165) is 5.56 Å². The van der Waals surface area contributed by atoms with Crippen LogP contribution < -0.4 is 10.6 Å². The zero-order valence-corrected chi connectivity index (χ0v) is 11.5. The van der Waals surface area contributed by atoms with Crippen molar-refractivity contribution >= 4 is 30.4 Å². The summed E-state index contributed by atoms with van der Waals surface area (Å²) in [4.78, 5) is 25.9. The Kier molecular flexibility index (Phi) is 3.27. The number of hydrogen-bond donors (Lipinski definition) is 2. The molecule has 0 bridgehead atoms. The number of benzene rings is 1. The number of thiol groups is 1. The SMILES string of the molecule is Nc1nc(-c2ccccc2)nc(N2CC(S)CC2=O)n1. The van der Waals surface area contributed by atoms with Crippen LogP contribution in [0, 0.1) is 0 Å². The van der Waals surface area contributed by atoms with Gasteiger partial charge in [-0.3, -0.25) is 9.69 Å². The molecule has 1 aromatic carbocycles. The Labute approximate surface area is 121 Å². The lowest BCUT2D eigenvalue weighted by Crippen LogP contribution is -2.27. The van der Waals surface area contributed by atoms with Crippen molar-refractivity contribution in [1.29, 1.82) is 0 Å². The topological polar surface area (TPSA) is 85.0 Å².